The lowest BCUT2D eigenvalue weighted by Gasteiger charge is -2.09. The van der Waals surface area contributed by atoms with Gasteiger partial charge in [-0.25, -0.2) is 5.43 Å². The van der Waals surface area contributed by atoms with Gasteiger partial charge >= 0.3 is 0 Å². The van der Waals surface area contributed by atoms with E-state index in [1.807, 2.05) is 0 Å². The van der Waals surface area contributed by atoms with Crippen LogP contribution in [0.3, 0.4) is 0 Å². The molecule has 0 atom stereocenters. The molecule has 0 heterocycles. The van der Waals surface area contributed by atoms with Crippen LogP contribution in [0.4, 0.5) is 0 Å². The third-order valence-corrected chi connectivity index (χ3v) is 3.16. The average molecular weight is 359 g/mol. The second-order valence-corrected chi connectivity index (χ2v) is 5.07. The zero-order chi connectivity index (χ0) is 19.1. The lowest BCUT2D eigenvalue weighted by Crippen LogP contribution is -2.20. The first kappa shape index (κ1) is 18.6. The number of ether oxygens (including phenoxy) is 2. The van der Waals surface area contributed by atoms with Crippen LogP contribution < -0.4 is 20.6 Å². The van der Waals surface area contributed by atoms with Crippen LogP contribution >= 0.6 is 0 Å². The summed E-state index contributed by atoms with van der Waals surface area (Å²) >= 11 is 0. The maximum absolute atomic E-state index is 11.9. The fraction of sp³-hybridized carbons (Fsp3) is 0.118. The number of hydrogen-bond acceptors (Lipinski definition) is 7. The van der Waals surface area contributed by atoms with E-state index in [0.717, 1.165) is 6.07 Å². The molecule has 26 heavy (non-hydrogen) atoms. The topological polar surface area (TPSA) is 143 Å². The van der Waals surface area contributed by atoms with Gasteiger partial charge in [-0.15, -0.1) is 0 Å². The highest BCUT2D eigenvalue weighted by atomic mass is 16.5. The number of hydrazone groups is 1. The molecule has 0 aliphatic heterocycles. The van der Waals surface area contributed by atoms with E-state index in [2.05, 4.69) is 10.5 Å². The van der Waals surface area contributed by atoms with E-state index in [1.165, 1.54) is 25.5 Å². The number of carbonyl (C=O) groups excluding carboxylic acids is 2. The molecule has 2 rings (SSSR count). The monoisotopic (exact) mass is 359 g/mol. The predicted octanol–water partition coefficient (Wildman–Crippen LogP) is 0.734. The first-order valence-corrected chi connectivity index (χ1v) is 7.35. The van der Waals surface area contributed by atoms with Crippen LogP contribution in [0.2, 0.25) is 0 Å². The van der Waals surface area contributed by atoms with E-state index in [4.69, 9.17) is 15.2 Å². The number of benzene rings is 2. The number of nitrogens with two attached hydrogens (primary N) is 1. The Hall–Kier alpha value is -3.75. The standard InChI is InChI=1S/C17H17N3O6/c1-25-15-6-10(2-5-14(15)26-9-16(18)23)8-19-20-17(24)12-4-3-11(21)7-13(12)22/h2-8,21-22H,9H2,1H3,(H2,18,23)(H,20,24)/b19-8-. The van der Waals surface area contributed by atoms with Crippen LogP contribution in [0.25, 0.3) is 0 Å². The number of rotatable bonds is 7. The minimum atomic E-state index is -0.646. The predicted molar refractivity (Wildman–Crippen MR) is 92.5 cm³/mol. The quantitative estimate of drug-likeness (QED) is 0.424. The van der Waals surface area contributed by atoms with E-state index in [0.29, 0.717) is 17.1 Å². The third-order valence-electron chi connectivity index (χ3n) is 3.16. The fourth-order valence-corrected chi connectivity index (χ4v) is 1.97. The van der Waals surface area contributed by atoms with E-state index >= 15 is 0 Å². The van der Waals surface area contributed by atoms with Gasteiger partial charge in [-0.1, -0.05) is 0 Å². The minimum Gasteiger partial charge on any atom is -0.508 e. The van der Waals surface area contributed by atoms with Gasteiger partial charge in [-0.2, -0.15) is 5.10 Å². The summed E-state index contributed by atoms with van der Waals surface area (Å²) in [6.45, 7) is -0.282. The molecule has 9 nitrogen and oxygen atoms in total. The molecule has 0 saturated carbocycles. The third kappa shape index (κ3) is 4.87. The zero-order valence-corrected chi connectivity index (χ0v) is 13.8. The molecule has 0 spiro atoms. The molecule has 5 N–H and O–H groups in total. The van der Waals surface area contributed by atoms with Crippen molar-refractivity contribution >= 4 is 18.0 Å². The SMILES string of the molecule is COc1cc(/C=N\NC(=O)c2ccc(O)cc2O)ccc1OCC(N)=O. The maximum atomic E-state index is 11.9. The molecule has 9 heteroatoms. The van der Waals surface area contributed by atoms with Crippen molar-refractivity contribution in [1.82, 2.24) is 5.43 Å². The number of methoxy groups -OCH3 is 1. The van der Waals surface area contributed by atoms with Gasteiger partial charge in [0.15, 0.2) is 18.1 Å². The van der Waals surface area contributed by atoms with E-state index in [9.17, 15) is 19.8 Å². The molecule has 136 valence electrons. The normalized spacial score (nSPS) is 10.5. The summed E-state index contributed by atoms with van der Waals surface area (Å²) < 4.78 is 10.4. The average Bonchev–Trinajstić information content (AvgIpc) is 2.60. The Morgan fingerprint density at radius 1 is 1.19 bits per heavy atom. The molecule has 0 aliphatic carbocycles. The summed E-state index contributed by atoms with van der Waals surface area (Å²) in [6, 6.07) is 8.37. The molecular formula is C17H17N3O6. The summed E-state index contributed by atoms with van der Waals surface area (Å²) in [5.41, 5.74) is 7.83. The first-order valence-electron chi connectivity index (χ1n) is 7.35. The Labute approximate surface area is 148 Å². The summed E-state index contributed by atoms with van der Waals surface area (Å²) in [5.74, 6) is -1.09. The summed E-state index contributed by atoms with van der Waals surface area (Å²) in [4.78, 5) is 22.7. The smallest absolute Gasteiger partial charge is 0.275 e. The van der Waals surface area contributed by atoms with E-state index < -0.39 is 11.8 Å². The number of amides is 2. The Morgan fingerprint density at radius 3 is 2.62 bits per heavy atom. The Morgan fingerprint density at radius 2 is 1.96 bits per heavy atom. The molecule has 0 saturated heterocycles. The minimum absolute atomic E-state index is 0.0345. The van der Waals surface area contributed by atoms with Crippen molar-refractivity contribution in [3.05, 3.63) is 47.5 Å². The number of phenols is 2. The van der Waals surface area contributed by atoms with Gasteiger partial charge in [0.1, 0.15) is 11.5 Å². The molecule has 0 bridgehead atoms. The zero-order valence-electron chi connectivity index (χ0n) is 13.8. The number of nitrogens with one attached hydrogen (secondary N) is 1. The van der Waals surface area contributed by atoms with Gasteiger partial charge in [0.25, 0.3) is 11.8 Å². The highest BCUT2D eigenvalue weighted by molar-refractivity contribution is 5.97. The number of aromatic hydroxyl groups is 2. The highest BCUT2D eigenvalue weighted by Gasteiger charge is 2.11. The Bertz CT molecular complexity index is 850. The van der Waals surface area contributed by atoms with E-state index in [-0.39, 0.29) is 23.7 Å². The van der Waals surface area contributed by atoms with Gasteiger partial charge in [0, 0.05) is 6.07 Å². The van der Waals surface area contributed by atoms with Gasteiger partial charge in [0.05, 0.1) is 18.9 Å². The number of hydrogen-bond donors (Lipinski definition) is 4. The lowest BCUT2D eigenvalue weighted by molar-refractivity contribution is -0.119. The van der Waals surface area contributed by atoms with Gasteiger partial charge in [0.2, 0.25) is 0 Å². The largest absolute Gasteiger partial charge is 0.508 e. The van der Waals surface area contributed by atoms with Crippen molar-refractivity contribution in [3.8, 4) is 23.0 Å². The molecule has 0 radical (unpaired) electrons. The molecule has 2 amide bonds. The Balaban J connectivity index is 2.05. The molecule has 2 aromatic carbocycles. The molecular weight excluding hydrogens is 342 g/mol. The number of carbonyl (C=O) groups is 2. The number of nitrogens with zero attached hydrogens (tertiary/aromatic N) is 1. The van der Waals surface area contributed by atoms with Crippen molar-refractivity contribution in [2.45, 2.75) is 0 Å². The van der Waals surface area contributed by atoms with Crippen molar-refractivity contribution in [2.24, 2.45) is 10.8 Å². The Kier molecular flexibility index (Phi) is 5.99. The summed E-state index contributed by atoms with van der Waals surface area (Å²) in [5, 5.41) is 22.6. The highest BCUT2D eigenvalue weighted by Crippen LogP contribution is 2.27. The molecule has 0 aliphatic rings. The molecule has 0 aromatic heterocycles. The summed E-state index contributed by atoms with van der Waals surface area (Å²) in [6.07, 6.45) is 1.36. The van der Waals surface area contributed by atoms with Crippen LogP contribution in [0.5, 0.6) is 23.0 Å². The van der Waals surface area contributed by atoms with Gasteiger partial charge in [-0.3, -0.25) is 9.59 Å². The second kappa shape index (κ2) is 8.38. The second-order valence-electron chi connectivity index (χ2n) is 5.07. The van der Waals surface area contributed by atoms with Crippen LogP contribution in [0, 0.1) is 0 Å². The van der Waals surface area contributed by atoms with Gasteiger partial charge in [-0.05, 0) is 35.9 Å². The number of phenolic OH excluding ortho intramolecular Hbond substituents is 2. The molecule has 2 aromatic rings. The van der Waals surface area contributed by atoms with Crippen LogP contribution in [0.1, 0.15) is 15.9 Å². The maximum Gasteiger partial charge on any atom is 0.275 e. The van der Waals surface area contributed by atoms with Crippen molar-refractivity contribution in [1.29, 1.82) is 0 Å². The van der Waals surface area contributed by atoms with Crippen molar-refractivity contribution in [2.75, 3.05) is 13.7 Å². The van der Waals surface area contributed by atoms with E-state index in [1.54, 1.807) is 18.2 Å². The molecule has 0 unspecified atom stereocenters. The number of primary amides is 1. The molecule has 0 fully saturated rings. The fourth-order valence-electron chi connectivity index (χ4n) is 1.97. The van der Waals surface area contributed by atoms with Crippen LogP contribution in [-0.4, -0.2) is 42.0 Å². The van der Waals surface area contributed by atoms with Crippen molar-refractivity contribution < 1.29 is 29.3 Å². The summed E-state index contributed by atoms with van der Waals surface area (Å²) in [7, 11) is 1.43. The first-order chi connectivity index (χ1) is 12.4. The van der Waals surface area contributed by atoms with Crippen molar-refractivity contribution in [3.63, 3.8) is 0 Å². The van der Waals surface area contributed by atoms with Crippen LogP contribution in [0.15, 0.2) is 41.5 Å². The van der Waals surface area contributed by atoms with Gasteiger partial charge < -0.3 is 25.4 Å². The van der Waals surface area contributed by atoms with Crippen LogP contribution in [-0.2, 0) is 4.79 Å². The lowest BCUT2D eigenvalue weighted by atomic mass is 10.2.